The molecular formula is C53H34N2S. The Hall–Kier alpha value is -6.81. The maximum absolute atomic E-state index is 5.16. The van der Waals surface area contributed by atoms with Crippen molar-refractivity contribution in [2.45, 2.75) is 15.2 Å². The van der Waals surface area contributed by atoms with Crippen molar-refractivity contribution in [3.05, 3.63) is 229 Å². The molecule has 1 aliphatic heterocycles. The van der Waals surface area contributed by atoms with Gasteiger partial charge in [0.05, 0.1) is 16.8 Å². The molecule has 2 nitrogen and oxygen atoms in total. The molecule has 1 spiro atoms. The lowest BCUT2D eigenvalue weighted by atomic mass is 9.67. The number of hydrogen-bond donors (Lipinski definition) is 0. The Labute approximate surface area is 331 Å². The first kappa shape index (κ1) is 32.6. The van der Waals surface area contributed by atoms with Crippen LogP contribution in [0.5, 0.6) is 0 Å². The number of rotatable bonds is 5. The molecule has 2 aliphatic rings. The van der Waals surface area contributed by atoms with Crippen LogP contribution in [0.2, 0.25) is 0 Å². The molecule has 262 valence electrons. The van der Waals surface area contributed by atoms with Gasteiger partial charge in [-0.1, -0.05) is 200 Å². The Morgan fingerprint density at radius 3 is 1.52 bits per heavy atom. The molecule has 0 saturated heterocycles. The van der Waals surface area contributed by atoms with E-state index in [9.17, 15) is 0 Å². The monoisotopic (exact) mass is 730 g/mol. The second kappa shape index (κ2) is 13.2. The molecule has 3 heteroatoms. The van der Waals surface area contributed by atoms with Crippen LogP contribution < -0.4 is 0 Å². The van der Waals surface area contributed by atoms with Gasteiger partial charge in [-0.2, -0.15) is 0 Å². The average Bonchev–Trinajstić information content (AvgIpc) is 3.57. The summed E-state index contributed by atoms with van der Waals surface area (Å²) in [4.78, 5) is 12.8. The summed E-state index contributed by atoms with van der Waals surface area (Å²) >= 11 is 1.90. The summed E-state index contributed by atoms with van der Waals surface area (Å²) in [5.41, 5.74) is 17.3. The Bertz CT molecular complexity index is 2850. The molecule has 0 atom stereocenters. The van der Waals surface area contributed by atoms with Gasteiger partial charge in [0.25, 0.3) is 0 Å². The Kier molecular flexibility index (Phi) is 7.68. The third kappa shape index (κ3) is 5.05. The highest BCUT2D eigenvalue weighted by Gasteiger charge is 2.50. The zero-order valence-electron chi connectivity index (χ0n) is 30.4. The second-order valence-electron chi connectivity index (χ2n) is 14.4. The summed E-state index contributed by atoms with van der Waals surface area (Å²) in [6, 6.07) is 74.4. The minimum Gasteiger partial charge on any atom is -0.228 e. The van der Waals surface area contributed by atoms with Gasteiger partial charge in [0.15, 0.2) is 5.82 Å². The van der Waals surface area contributed by atoms with E-state index in [1.165, 1.54) is 59.9 Å². The highest BCUT2D eigenvalue weighted by atomic mass is 32.2. The Balaban J connectivity index is 1.09. The third-order valence-corrected chi connectivity index (χ3v) is 12.6. The van der Waals surface area contributed by atoms with Crippen LogP contribution >= 0.6 is 11.8 Å². The highest BCUT2D eigenvalue weighted by molar-refractivity contribution is 7.99. The minimum atomic E-state index is -0.421. The number of aromatic nitrogens is 2. The molecule has 2 heterocycles. The first-order chi connectivity index (χ1) is 27.8. The van der Waals surface area contributed by atoms with Crippen molar-refractivity contribution in [1.82, 2.24) is 9.97 Å². The largest absolute Gasteiger partial charge is 0.228 e. The van der Waals surface area contributed by atoms with Gasteiger partial charge < -0.3 is 0 Å². The van der Waals surface area contributed by atoms with E-state index >= 15 is 0 Å². The average molecular weight is 731 g/mol. The van der Waals surface area contributed by atoms with Crippen LogP contribution in [0, 0.1) is 0 Å². The molecule has 0 bridgehead atoms. The minimum absolute atomic E-state index is 0.421. The zero-order valence-corrected chi connectivity index (χ0v) is 31.2. The van der Waals surface area contributed by atoms with Gasteiger partial charge in [0.2, 0.25) is 0 Å². The molecular weight excluding hydrogens is 697 g/mol. The fourth-order valence-electron chi connectivity index (χ4n) is 8.97. The number of nitrogens with zero attached hydrogens (tertiary/aromatic N) is 2. The summed E-state index contributed by atoms with van der Waals surface area (Å²) < 4.78 is 0. The van der Waals surface area contributed by atoms with E-state index in [-0.39, 0.29) is 0 Å². The van der Waals surface area contributed by atoms with Gasteiger partial charge in [-0.25, -0.2) is 9.97 Å². The molecule has 0 saturated carbocycles. The summed E-state index contributed by atoms with van der Waals surface area (Å²) in [6.45, 7) is 0. The summed E-state index contributed by atoms with van der Waals surface area (Å²) in [5.74, 6) is 0.713. The van der Waals surface area contributed by atoms with Crippen LogP contribution in [0.4, 0.5) is 0 Å². The predicted molar refractivity (Wildman–Crippen MR) is 231 cm³/mol. The van der Waals surface area contributed by atoms with E-state index in [1.807, 2.05) is 36.0 Å². The normalized spacial score (nSPS) is 13.1. The quantitative estimate of drug-likeness (QED) is 0.176. The SMILES string of the molecule is c1ccc(-c2cc(-c3cccc(-c4ccccc4-c4cccc5c4Sc4ccccc4C54c5ccccc5-c5ccccc54)c3)nc(-c3ccccc3)n2)cc1. The second-order valence-corrected chi connectivity index (χ2v) is 15.5. The molecule has 11 rings (SSSR count). The zero-order chi connectivity index (χ0) is 37.1. The van der Waals surface area contributed by atoms with E-state index in [1.54, 1.807) is 0 Å². The van der Waals surface area contributed by atoms with Crippen molar-refractivity contribution >= 4 is 11.8 Å². The van der Waals surface area contributed by atoms with Crippen molar-refractivity contribution in [1.29, 1.82) is 0 Å². The summed E-state index contributed by atoms with van der Waals surface area (Å²) in [6.07, 6.45) is 0. The lowest BCUT2D eigenvalue weighted by Gasteiger charge is -2.40. The molecule has 0 N–H and O–H groups in total. The first-order valence-corrected chi connectivity index (χ1v) is 19.9. The summed E-state index contributed by atoms with van der Waals surface area (Å²) in [5, 5.41) is 0. The maximum atomic E-state index is 5.16. The van der Waals surface area contributed by atoms with Crippen molar-refractivity contribution in [3.63, 3.8) is 0 Å². The van der Waals surface area contributed by atoms with E-state index in [0.717, 1.165) is 33.6 Å². The van der Waals surface area contributed by atoms with Crippen LogP contribution in [-0.4, -0.2) is 9.97 Å². The van der Waals surface area contributed by atoms with Crippen LogP contribution in [0.3, 0.4) is 0 Å². The van der Waals surface area contributed by atoms with E-state index in [0.29, 0.717) is 5.82 Å². The van der Waals surface area contributed by atoms with Crippen molar-refractivity contribution in [3.8, 4) is 67.3 Å². The van der Waals surface area contributed by atoms with Crippen molar-refractivity contribution in [2.75, 3.05) is 0 Å². The Morgan fingerprint density at radius 1 is 0.321 bits per heavy atom. The standard InChI is InChI=1S/C53H34N2S/c1-3-17-35(18-4-1)48-34-49(55-52(54-48)36-19-5-2-6-20-36)38-22-15-21-37(33-38)39-23-7-8-24-40(39)43-27-16-31-47-51(43)56-50-32-14-13-30-46(50)53(47)44-28-11-9-25-41(44)42-26-10-12-29-45(42)53/h1-34H. The third-order valence-electron chi connectivity index (χ3n) is 11.4. The number of hydrogen-bond acceptors (Lipinski definition) is 3. The molecule has 0 radical (unpaired) electrons. The van der Waals surface area contributed by atoms with Crippen molar-refractivity contribution < 1.29 is 0 Å². The van der Waals surface area contributed by atoms with Gasteiger partial charge in [0.1, 0.15) is 0 Å². The lowest BCUT2D eigenvalue weighted by molar-refractivity contribution is 0.723. The molecule has 1 aromatic heterocycles. The number of fused-ring (bicyclic) bond motifs is 9. The maximum Gasteiger partial charge on any atom is 0.160 e. The van der Waals surface area contributed by atoms with E-state index in [2.05, 4.69) is 182 Å². The molecule has 0 fully saturated rings. The lowest BCUT2D eigenvalue weighted by Crippen LogP contribution is -2.32. The molecule has 1 aliphatic carbocycles. The van der Waals surface area contributed by atoms with Gasteiger partial charge in [-0.05, 0) is 73.8 Å². The van der Waals surface area contributed by atoms with Crippen LogP contribution in [0.25, 0.3) is 67.3 Å². The fourth-order valence-corrected chi connectivity index (χ4v) is 10.3. The molecule has 9 aromatic rings. The van der Waals surface area contributed by atoms with E-state index < -0.39 is 5.41 Å². The fraction of sp³-hybridized carbons (Fsp3) is 0.0189. The molecule has 0 amide bonds. The predicted octanol–water partition coefficient (Wildman–Crippen LogP) is 13.6. The number of benzene rings is 8. The topological polar surface area (TPSA) is 25.8 Å². The van der Waals surface area contributed by atoms with Gasteiger partial charge in [0, 0.05) is 26.5 Å². The van der Waals surface area contributed by atoms with Gasteiger partial charge in [-0.15, -0.1) is 0 Å². The smallest absolute Gasteiger partial charge is 0.160 e. The molecule has 0 unspecified atom stereocenters. The van der Waals surface area contributed by atoms with Crippen molar-refractivity contribution in [2.24, 2.45) is 0 Å². The Morgan fingerprint density at radius 2 is 0.804 bits per heavy atom. The highest BCUT2D eigenvalue weighted by Crippen LogP contribution is 2.63. The van der Waals surface area contributed by atoms with Gasteiger partial charge in [-0.3, -0.25) is 0 Å². The molecule has 8 aromatic carbocycles. The van der Waals surface area contributed by atoms with E-state index in [4.69, 9.17) is 9.97 Å². The van der Waals surface area contributed by atoms with Crippen LogP contribution in [-0.2, 0) is 5.41 Å². The van der Waals surface area contributed by atoms with Gasteiger partial charge >= 0.3 is 0 Å². The van der Waals surface area contributed by atoms with Crippen LogP contribution in [0.1, 0.15) is 22.3 Å². The summed E-state index contributed by atoms with van der Waals surface area (Å²) in [7, 11) is 0. The van der Waals surface area contributed by atoms with Crippen LogP contribution in [0.15, 0.2) is 216 Å². The first-order valence-electron chi connectivity index (χ1n) is 19.1. The molecule has 56 heavy (non-hydrogen) atoms.